The summed E-state index contributed by atoms with van der Waals surface area (Å²) in [5, 5.41) is 12.4. The van der Waals surface area contributed by atoms with Gasteiger partial charge in [0.2, 0.25) is 0 Å². The molecule has 3 N–H and O–H groups in total. The van der Waals surface area contributed by atoms with Crippen molar-refractivity contribution in [3.8, 4) is 0 Å². The van der Waals surface area contributed by atoms with Gasteiger partial charge in [-0.15, -0.1) is 0 Å². The molecule has 0 aromatic rings. The topological polar surface area (TPSA) is 69.8 Å². The highest BCUT2D eigenvalue weighted by molar-refractivity contribution is 5.73. The Kier molecular flexibility index (Phi) is 2.90. The van der Waals surface area contributed by atoms with E-state index in [1.807, 2.05) is 30.2 Å². The first-order valence-corrected chi connectivity index (χ1v) is 4.14. The van der Waals surface area contributed by atoms with E-state index < -0.39 is 12.0 Å². The summed E-state index contributed by atoms with van der Waals surface area (Å²) in [5.74, 6) is -0.966. The first kappa shape index (κ1) is 10.0. The predicted molar refractivity (Wildman–Crippen MR) is 48.7 cm³/mol. The van der Waals surface area contributed by atoms with E-state index in [1.54, 1.807) is 0 Å². The third kappa shape index (κ3) is 2.43. The fourth-order valence-electron chi connectivity index (χ4n) is 1.32. The van der Waals surface area contributed by atoms with Gasteiger partial charge in [0, 0.05) is 19.8 Å². The lowest BCUT2D eigenvalue weighted by atomic mass is 10.3. The lowest BCUT2D eigenvalue weighted by Crippen LogP contribution is -2.44. The number of hydrazine groups is 1. The van der Waals surface area contributed by atoms with Crippen LogP contribution in [-0.2, 0) is 4.79 Å². The summed E-state index contributed by atoms with van der Waals surface area (Å²) in [5.41, 5.74) is 6.62. The highest BCUT2D eigenvalue weighted by Gasteiger charge is 2.21. The average Bonchev–Trinajstić information content (AvgIpc) is 2.30. The molecule has 0 bridgehead atoms. The largest absolute Gasteiger partial charge is 0.480 e. The second-order valence-corrected chi connectivity index (χ2v) is 3.36. The minimum absolute atomic E-state index is 0.323. The number of hydrogen-bond acceptors (Lipinski definition) is 4. The van der Waals surface area contributed by atoms with Crippen LogP contribution in [0.25, 0.3) is 0 Å². The van der Waals surface area contributed by atoms with Gasteiger partial charge in [-0.1, -0.05) is 0 Å². The summed E-state index contributed by atoms with van der Waals surface area (Å²) in [6.07, 6.45) is 1.92. The van der Waals surface area contributed by atoms with Crippen LogP contribution in [0.5, 0.6) is 0 Å². The number of nitrogens with two attached hydrogens (primary N) is 1. The van der Waals surface area contributed by atoms with Crippen LogP contribution < -0.4 is 5.73 Å². The zero-order valence-corrected chi connectivity index (χ0v) is 7.90. The third-order valence-electron chi connectivity index (χ3n) is 1.99. The van der Waals surface area contributed by atoms with E-state index in [0.717, 1.165) is 6.54 Å². The van der Waals surface area contributed by atoms with Crippen LogP contribution in [0.1, 0.15) is 6.92 Å². The van der Waals surface area contributed by atoms with Crippen LogP contribution in [0.4, 0.5) is 0 Å². The molecular formula is C8H15N3O2. The Morgan fingerprint density at radius 1 is 1.85 bits per heavy atom. The summed E-state index contributed by atoms with van der Waals surface area (Å²) >= 11 is 0. The van der Waals surface area contributed by atoms with Crippen LogP contribution in [0.2, 0.25) is 0 Å². The van der Waals surface area contributed by atoms with E-state index >= 15 is 0 Å². The molecule has 0 saturated heterocycles. The van der Waals surface area contributed by atoms with Crippen molar-refractivity contribution in [2.24, 2.45) is 5.73 Å². The maximum Gasteiger partial charge on any atom is 0.322 e. The first-order chi connectivity index (χ1) is 6.00. The van der Waals surface area contributed by atoms with Crippen molar-refractivity contribution in [3.05, 3.63) is 11.8 Å². The van der Waals surface area contributed by atoms with Crippen molar-refractivity contribution in [2.75, 3.05) is 20.1 Å². The number of rotatable bonds is 3. The summed E-state index contributed by atoms with van der Waals surface area (Å²) in [4.78, 5) is 10.5. The molecule has 1 atom stereocenters. The fraction of sp³-hybridized carbons (Fsp3) is 0.625. The number of likely N-dealkylation sites (N-methyl/N-ethyl adjacent to an activating group) is 1. The monoisotopic (exact) mass is 185 g/mol. The molecule has 74 valence electrons. The lowest BCUT2D eigenvalue weighted by Gasteiger charge is -2.26. The zero-order chi connectivity index (χ0) is 10.0. The Bertz CT molecular complexity index is 240. The summed E-state index contributed by atoms with van der Waals surface area (Å²) in [6, 6.07) is -0.829. The van der Waals surface area contributed by atoms with Gasteiger partial charge in [-0.05, 0) is 12.5 Å². The van der Waals surface area contributed by atoms with Gasteiger partial charge < -0.3 is 15.8 Å². The molecule has 0 fully saturated rings. The molecule has 0 radical (unpaired) electrons. The van der Waals surface area contributed by atoms with Gasteiger partial charge in [-0.3, -0.25) is 4.79 Å². The summed E-state index contributed by atoms with van der Waals surface area (Å²) in [6.45, 7) is 3.16. The van der Waals surface area contributed by atoms with Crippen molar-refractivity contribution < 1.29 is 9.90 Å². The van der Waals surface area contributed by atoms with Gasteiger partial charge in [-0.2, -0.15) is 0 Å². The van der Waals surface area contributed by atoms with Gasteiger partial charge in [0.15, 0.2) is 0 Å². The zero-order valence-electron chi connectivity index (χ0n) is 7.90. The molecule has 0 aliphatic carbocycles. The molecular weight excluding hydrogens is 170 g/mol. The molecule has 0 amide bonds. The van der Waals surface area contributed by atoms with Crippen molar-refractivity contribution >= 4 is 5.97 Å². The van der Waals surface area contributed by atoms with Gasteiger partial charge >= 0.3 is 5.97 Å². The lowest BCUT2D eigenvalue weighted by molar-refractivity contribution is -0.139. The molecule has 1 unspecified atom stereocenters. The van der Waals surface area contributed by atoms with E-state index in [1.165, 1.54) is 5.57 Å². The molecule has 0 saturated carbocycles. The molecule has 1 rings (SSSR count). The van der Waals surface area contributed by atoms with E-state index in [-0.39, 0.29) is 0 Å². The van der Waals surface area contributed by atoms with E-state index in [2.05, 4.69) is 0 Å². The van der Waals surface area contributed by atoms with Gasteiger partial charge in [0.05, 0.1) is 6.54 Å². The molecule has 0 spiro atoms. The Balaban J connectivity index is 2.50. The second kappa shape index (κ2) is 3.76. The number of carboxylic acid groups (broad SMARTS) is 1. The molecule has 0 aromatic heterocycles. The van der Waals surface area contributed by atoms with Crippen LogP contribution in [0.3, 0.4) is 0 Å². The second-order valence-electron chi connectivity index (χ2n) is 3.36. The minimum Gasteiger partial charge on any atom is -0.480 e. The molecule has 1 heterocycles. The number of carbonyl (C=O) groups is 1. The smallest absolute Gasteiger partial charge is 0.322 e. The summed E-state index contributed by atoms with van der Waals surface area (Å²) < 4.78 is 0. The number of carboxylic acids is 1. The van der Waals surface area contributed by atoms with Gasteiger partial charge in [0.25, 0.3) is 0 Å². The van der Waals surface area contributed by atoms with Crippen molar-refractivity contribution in [1.29, 1.82) is 0 Å². The SMILES string of the molecule is CC1=CN(CC(N)C(=O)O)N(C)C1. The molecule has 1 aliphatic heterocycles. The number of aliphatic carboxylic acids is 1. The third-order valence-corrected chi connectivity index (χ3v) is 1.99. The van der Waals surface area contributed by atoms with Gasteiger partial charge in [0.1, 0.15) is 6.04 Å². The van der Waals surface area contributed by atoms with E-state index in [0.29, 0.717) is 6.54 Å². The minimum atomic E-state index is -0.966. The van der Waals surface area contributed by atoms with Crippen molar-refractivity contribution in [3.63, 3.8) is 0 Å². The molecule has 13 heavy (non-hydrogen) atoms. The molecule has 5 nitrogen and oxygen atoms in total. The summed E-state index contributed by atoms with van der Waals surface area (Å²) in [7, 11) is 1.90. The quantitative estimate of drug-likeness (QED) is 0.618. The normalized spacial score (nSPS) is 20.2. The predicted octanol–water partition coefficient (Wildman–Crippen LogP) is -0.535. The first-order valence-electron chi connectivity index (χ1n) is 4.14. The molecule has 1 aliphatic rings. The van der Waals surface area contributed by atoms with Crippen LogP contribution in [-0.4, -0.2) is 47.3 Å². The van der Waals surface area contributed by atoms with Crippen molar-refractivity contribution in [2.45, 2.75) is 13.0 Å². The number of hydrogen-bond donors (Lipinski definition) is 2. The van der Waals surface area contributed by atoms with Crippen LogP contribution in [0.15, 0.2) is 11.8 Å². The van der Waals surface area contributed by atoms with E-state index in [4.69, 9.17) is 10.8 Å². The number of nitrogens with zero attached hydrogens (tertiary/aromatic N) is 2. The maximum atomic E-state index is 10.5. The highest BCUT2D eigenvalue weighted by Crippen LogP contribution is 2.11. The Morgan fingerprint density at radius 3 is 2.85 bits per heavy atom. The Labute approximate surface area is 77.4 Å². The molecule has 0 aromatic carbocycles. The van der Waals surface area contributed by atoms with Crippen molar-refractivity contribution in [1.82, 2.24) is 10.0 Å². The Hall–Kier alpha value is -1.07. The van der Waals surface area contributed by atoms with Gasteiger partial charge in [-0.25, -0.2) is 5.01 Å². The molecule has 5 heteroatoms. The average molecular weight is 185 g/mol. The fourth-order valence-corrected chi connectivity index (χ4v) is 1.32. The van der Waals surface area contributed by atoms with Crippen LogP contribution in [0, 0.1) is 0 Å². The standard InChI is InChI=1S/C8H15N3O2/c1-6-3-10(2)11(4-6)5-7(9)8(12)13/h4,7H,3,5,9H2,1-2H3,(H,12,13). The Morgan fingerprint density at radius 2 is 2.46 bits per heavy atom. The van der Waals surface area contributed by atoms with Crippen LogP contribution >= 0.6 is 0 Å². The van der Waals surface area contributed by atoms with E-state index in [9.17, 15) is 4.79 Å². The maximum absolute atomic E-state index is 10.5. The highest BCUT2D eigenvalue weighted by atomic mass is 16.4.